The lowest BCUT2D eigenvalue weighted by Gasteiger charge is -2.14. The van der Waals surface area contributed by atoms with Gasteiger partial charge < -0.3 is 5.32 Å². The first-order valence-electron chi connectivity index (χ1n) is 6.20. The van der Waals surface area contributed by atoms with E-state index in [2.05, 4.69) is 11.9 Å². The van der Waals surface area contributed by atoms with Crippen molar-refractivity contribution in [3.63, 3.8) is 0 Å². The number of halogens is 4. The van der Waals surface area contributed by atoms with Crippen LogP contribution in [-0.4, -0.2) is 27.1 Å². The molecule has 5 nitrogen and oxygen atoms in total. The van der Waals surface area contributed by atoms with Gasteiger partial charge in [-0.3, -0.25) is 9.52 Å². The number of hydrogen-bond acceptors (Lipinski definition) is 3. The second-order valence-corrected chi connectivity index (χ2v) is 6.94. The number of carbonyl (C=O) groups is 1. The smallest absolute Gasteiger partial charge is 0.352 e. The molecule has 1 aromatic rings. The van der Waals surface area contributed by atoms with Gasteiger partial charge in [0, 0.05) is 11.6 Å². The Morgan fingerprint density at radius 1 is 1.35 bits per heavy atom. The van der Waals surface area contributed by atoms with Crippen LogP contribution >= 0.6 is 11.6 Å². The first-order valence-corrected chi connectivity index (χ1v) is 8.47. The third-order valence-electron chi connectivity index (χ3n) is 2.57. The zero-order chi connectivity index (χ0) is 17.8. The lowest BCUT2D eigenvalue weighted by Crippen LogP contribution is -2.26. The van der Waals surface area contributed by atoms with Crippen LogP contribution in [0.1, 0.15) is 22.3 Å². The largest absolute Gasteiger partial charge is 0.416 e. The maximum absolute atomic E-state index is 12.8. The van der Waals surface area contributed by atoms with E-state index in [0.717, 1.165) is 12.3 Å². The molecule has 0 bridgehead atoms. The number of amides is 1. The van der Waals surface area contributed by atoms with Crippen molar-refractivity contribution in [3.05, 3.63) is 40.9 Å². The summed E-state index contributed by atoms with van der Waals surface area (Å²) < 4.78 is 62.8. The highest BCUT2D eigenvalue weighted by atomic mass is 35.5. The highest BCUT2D eigenvalue weighted by Gasteiger charge is 2.32. The molecule has 128 valence electrons. The zero-order valence-electron chi connectivity index (χ0n) is 12.0. The number of hydrogen-bond donors (Lipinski definition) is 2. The Kier molecular flexibility index (Phi) is 6.06. The molecule has 1 rings (SSSR count). The summed E-state index contributed by atoms with van der Waals surface area (Å²) in [5.74, 6) is -0.861. The average Bonchev–Trinajstić information content (AvgIpc) is 2.35. The molecule has 0 heterocycles. The van der Waals surface area contributed by atoms with Crippen molar-refractivity contribution >= 4 is 33.2 Å². The monoisotopic (exact) mass is 370 g/mol. The van der Waals surface area contributed by atoms with Crippen LogP contribution in [0.25, 0.3) is 0 Å². The molecule has 0 fully saturated rings. The van der Waals surface area contributed by atoms with Crippen LogP contribution < -0.4 is 10.0 Å². The van der Waals surface area contributed by atoms with Crippen LogP contribution in [-0.2, 0) is 16.2 Å². The summed E-state index contributed by atoms with van der Waals surface area (Å²) in [4.78, 5) is 12.0. The second kappa shape index (κ2) is 7.22. The molecule has 0 atom stereocenters. The number of sulfonamides is 1. The number of benzene rings is 1. The molecule has 1 aromatic carbocycles. The van der Waals surface area contributed by atoms with Gasteiger partial charge in [0.05, 0.1) is 23.1 Å². The predicted molar refractivity (Wildman–Crippen MR) is 81.9 cm³/mol. The van der Waals surface area contributed by atoms with Gasteiger partial charge in [-0.25, -0.2) is 8.42 Å². The molecule has 0 aromatic heterocycles. The van der Waals surface area contributed by atoms with Gasteiger partial charge in [0.15, 0.2) is 0 Å². The third-order valence-corrected chi connectivity index (χ3v) is 3.35. The number of alkyl halides is 3. The van der Waals surface area contributed by atoms with E-state index in [1.165, 1.54) is 0 Å². The number of anilines is 1. The van der Waals surface area contributed by atoms with Gasteiger partial charge in [-0.15, -0.1) is 0 Å². The quantitative estimate of drug-likeness (QED) is 0.808. The van der Waals surface area contributed by atoms with E-state index < -0.39 is 33.2 Å². The third kappa shape index (κ3) is 6.49. The van der Waals surface area contributed by atoms with E-state index in [-0.39, 0.29) is 23.7 Å². The summed E-state index contributed by atoms with van der Waals surface area (Å²) in [7, 11) is -3.76. The van der Waals surface area contributed by atoms with Crippen LogP contribution in [0.3, 0.4) is 0 Å². The molecule has 0 saturated carbocycles. The maximum Gasteiger partial charge on any atom is 0.416 e. The Balaban J connectivity index is 3.17. The maximum atomic E-state index is 12.8. The summed E-state index contributed by atoms with van der Waals surface area (Å²) in [6, 6.07) is 2.16. The van der Waals surface area contributed by atoms with Crippen molar-refractivity contribution in [2.75, 3.05) is 17.5 Å². The van der Waals surface area contributed by atoms with Crippen molar-refractivity contribution in [3.8, 4) is 0 Å². The van der Waals surface area contributed by atoms with E-state index in [9.17, 15) is 26.4 Å². The average molecular weight is 371 g/mol. The molecule has 0 aliphatic rings. The molecule has 0 saturated heterocycles. The Bertz CT molecular complexity index is 718. The fourth-order valence-electron chi connectivity index (χ4n) is 1.60. The van der Waals surface area contributed by atoms with Gasteiger partial charge >= 0.3 is 6.18 Å². The Hall–Kier alpha value is -1.74. The van der Waals surface area contributed by atoms with Crippen molar-refractivity contribution in [1.82, 2.24) is 5.32 Å². The molecule has 23 heavy (non-hydrogen) atoms. The van der Waals surface area contributed by atoms with Crippen LogP contribution in [0.2, 0.25) is 0 Å². The minimum Gasteiger partial charge on any atom is -0.352 e. The molecular weight excluding hydrogens is 357 g/mol. The van der Waals surface area contributed by atoms with Crippen LogP contribution in [0.15, 0.2) is 29.8 Å². The molecule has 0 spiro atoms. The van der Waals surface area contributed by atoms with E-state index in [0.29, 0.717) is 12.1 Å². The number of rotatable bonds is 6. The SMILES string of the molecule is C=C(Cl)CCNC(=O)c1cc(C(F)(F)F)ccc1NS(C)(=O)=O. The van der Waals surface area contributed by atoms with Crippen molar-refractivity contribution in [2.45, 2.75) is 12.6 Å². The van der Waals surface area contributed by atoms with E-state index in [4.69, 9.17) is 11.6 Å². The molecular formula is C13H14ClF3N2O3S. The molecule has 10 heteroatoms. The fraction of sp³-hybridized carbons (Fsp3) is 0.308. The van der Waals surface area contributed by atoms with Crippen molar-refractivity contribution in [2.24, 2.45) is 0 Å². The van der Waals surface area contributed by atoms with E-state index >= 15 is 0 Å². The molecule has 0 aliphatic heterocycles. The van der Waals surface area contributed by atoms with Gasteiger partial charge in [0.2, 0.25) is 10.0 Å². The van der Waals surface area contributed by atoms with Crippen molar-refractivity contribution in [1.29, 1.82) is 0 Å². The topological polar surface area (TPSA) is 75.3 Å². The zero-order valence-corrected chi connectivity index (χ0v) is 13.6. The normalized spacial score (nSPS) is 11.9. The first-order chi connectivity index (χ1) is 10.4. The van der Waals surface area contributed by atoms with Crippen LogP contribution in [0.4, 0.5) is 18.9 Å². The summed E-state index contributed by atoms with van der Waals surface area (Å²) in [5.41, 5.74) is -1.75. The Morgan fingerprint density at radius 3 is 2.43 bits per heavy atom. The van der Waals surface area contributed by atoms with Gasteiger partial charge in [-0.2, -0.15) is 13.2 Å². The molecule has 0 radical (unpaired) electrons. The summed E-state index contributed by atoms with van der Waals surface area (Å²) in [6.07, 6.45) is -3.62. The van der Waals surface area contributed by atoms with Gasteiger partial charge in [0.25, 0.3) is 5.91 Å². The highest BCUT2D eigenvalue weighted by Crippen LogP contribution is 2.32. The lowest BCUT2D eigenvalue weighted by molar-refractivity contribution is -0.137. The Morgan fingerprint density at radius 2 is 1.96 bits per heavy atom. The minimum absolute atomic E-state index is 0.0513. The minimum atomic E-state index is -4.66. The summed E-state index contributed by atoms with van der Waals surface area (Å²) in [6.45, 7) is 3.46. The number of carbonyl (C=O) groups excluding carboxylic acids is 1. The van der Waals surface area contributed by atoms with Gasteiger partial charge in [-0.1, -0.05) is 18.2 Å². The van der Waals surface area contributed by atoms with Gasteiger partial charge in [-0.05, 0) is 24.6 Å². The standard InChI is InChI=1S/C13H14ClF3N2O3S/c1-8(14)5-6-18-12(20)10-7-9(13(15,16)17)3-4-11(10)19-23(2,21)22/h3-4,7,19H,1,5-6H2,2H3,(H,18,20). The molecule has 1 amide bonds. The summed E-state index contributed by atoms with van der Waals surface area (Å²) in [5, 5.41) is 2.62. The number of nitrogens with one attached hydrogen (secondary N) is 2. The first kappa shape index (κ1) is 19.3. The molecule has 2 N–H and O–H groups in total. The van der Waals surface area contributed by atoms with Crippen LogP contribution in [0, 0.1) is 0 Å². The highest BCUT2D eigenvalue weighted by molar-refractivity contribution is 7.92. The fourth-order valence-corrected chi connectivity index (χ4v) is 2.28. The van der Waals surface area contributed by atoms with Gasteiger partial charge in [0.1, 0.15) is 0 Å². The Labute approximate surface area is 136 Å². The molecule has 0 unspecified atom stereocenters. The van der Waals surface area contributed by atoms with Crippen LogP contribution in [0.5, 0.6) is 0 Å². The second-order valence-electron chi connectivity index (χ2n) is 4.66. The van der Waals surface area contributed by atoms with Crippen molar-refractivity contribution < 1.29 is 26.4 Å². The summed E-state index contributed by atoms with van der Waals surface area (Å²) >= 11 is 5.52. The van der Waals surface area contributed by atoms with E-state index in [1.54, 1.807) is 0 Å². The lowest BCUT2D eigenvalue weighted by atomic mass is 10.1. The van der Waals surface area contributed by atoms with E-state index in [1.807, 2.05) is 4.72 Å². The predicted octanol–water partition coefficient (Wildman–Crippen LogP) is 2.95. The molecule has 0 aliphatic carbocycles.